The van der Waals surface area contributed by atoms with Gasteiger partial charge in [0.2, 0.25) is 5.91 Å². The summed E-state index contributed by atoms with van der Waals surface area (Å²) in [6.45, 7) is 6.11. The summed E-state index contributed by atoms with van der Waals surface area (Å²) in [6.07, 6.45) is 3.55. The minimum atomic E-state index is -0.754. The summed E-state index contributed by atoms with van der Waals surface area (Å²) < 4.78 is 0. The first-order valence-electron chi connectivity index (χ1n) is 11.6. The largest absolute Gasteiger partial charge is 0.383 e. The van der Waals surface area contributed by atoms with Gasteiger partial charge in [-0.05, 0) is 55.0 Å². The van der Waals surface area contributed by atoms with Crippen molar-refractivity contribution in [3.63, 3.8) is 0 Å². The lowest BCUT2D eigenvalue weighted by molar-refractivity contribution is -0.152. The van der Waals surface area contributed by atoms with Crippen molar-refractivity contribution >= 4 is 40.8 Å². The van der Waals surface area contributed by atoms with Crippen LogP contribution in [0.15, 0.2) is 36.5 Å². The maximum absolute atomic E-state index is 13.4. The van der Waals surface area contributed by atoms with Crippen LogP contribution in [0.2, 0.25) is 5.02 Å². The van der Waals surface area contributed by atoms with E-state index in [1.54, 1.807) is 29.2 Å². The Labute approximate surface area is 204 Å². The minimum Gasteiger partial charge on any atom is -0.383 e. The zero-order valence-electron chi connectivity index (χ0n) is 19.6. The van der Waals surface area contributed by atoms with Crippen molar-refractivity contribution in [3.05, 3.63) is 52.7 Å². The lowest BCUT2D eigenvalue weighted by Gasteiger charge is -2.45. The molecule has 1 aromatic heterocycles. The second-order valence-electron chi connectivity index (χ2n) is 9.45. The average Bonchev–Trinajstić information content (AvgIpc) is 3.64. The molecule has 2 atom stereocenters. The smallest absolute Gasteiger partial charge is 0.313 e. The van der Waals surface area contributed by atoms with Crippen LogP contribution in [0.25, 0.3) is 0 Å². The van der Waals surface area contributed by atoms with Crippen LogP contribution in [0, 0.1) is 5.92 Å². The first-order chi connectivity index (χ1) is 16.2. The Bertz CT molecular complexity index is 1120. The highest BCUT2D eigenvalue weighted by molar-refractivity contribution is 6.39. The van der Waals surface area contributed by atoms with Crippen LogP contribution in [0.4, 0.5) is 11.5 Å². The van der Waals surface area contributed by atoms with Gasteiger partial charge in [0.1, 0.15) is 5.82 Å². The Morgan fingerprint density at radius 1 is 1.15 bits per heavy atom. The molecular formula is C25H30ClN5O3. The summed E-state index contributed by atoms with van der Waals surface area (Å²) >= 11 is 6.22. The molecular weight excluding hydrogens is 454 g/mol. The molecule has 1 aliphatic carbocycles. The number of pyridine rings is 1. The van der Waals surface area contributed by atoms with Crippen molar-refractivity contribution in [2.75, 3.05) is 24.1 Å². The second-order valence-corrected chi connectivity index (χ2v) is 9.89. The summed E-state index contributed by atoms with van der Waals surface area (Å²) in [6, 6.07) is 8.23. The number of rotatable bonds is 4. The fourth-order valence-electron chi connectivity index (χ4n) is 4.43. The highest BCUT2D eigenvalue weighted by Crippen LogP contribution is 2.42. The van der Waals surface area contributed by atoms with E-state index in [2.05, 4.69) is 10.3 Å². The predicted molar refractivity (Wildman–Crippen MR) is 131 cm³/mol. The van der Waals surface area contributed by atoms with E-state index in [0.717, 1.165) is 24.0 Å². The summed E-state index contributed by atoms with van der Waals surface area (Å²) in [5.41, 5.74) is 8.07. The number of hydrogen-bond acceptors (Lipinski definition) is 5. The molecule has 1 aliphatic heterocycles. The Hall–Kier alpha value is -3.13. The number of amides is 3. The number of carbonyl (C=O) groups is 3. The molecule has 0 spiro atoms. The van der Waals surface area contributed by atoms with E-state index >= 15 is 0 Å². The molecule has 3 N–H and O–H groups in total. The predicted octanol–water partition coefficient (Wildman–Crippen LogP) is 3.59. The van der Waals surface area contributed by atoms with Crippen molar-refractivity contribution < 1.29 is 14.4 Å². The molecule has 1 saturated heterocycles. The lowest BCUT2D eigenvalue weighted by Crippen LogP contribution is -2.59. The number of halogens is 1. The van der Waals surface area contributed by atoms with Gasteiger partial charge in [-0.15, -0.1) is 0 Å². The summed E-state index contributed by atoms with van der Waals surface area (Å²) in [7, 11) is 0. The number of nitrogens with zero attached hydrogens (tertiary/aromatic N) is 3. The van der Waals surface area contributed by atoms with E-state index in [9.17, 15) is 14.4 Å². The van der Waals surface area contributed by atoms with Crippen LogP contribution in [0.3, 0.4) is 0 Å². The molecule has 1 aromatic carbocycles. The first-order valence-corrected chi connectivity index (χ1v) is 12.0. The van der Waals surface area contributed by atoms with Gasteiger partial charge in [-0.1, -0.05) is 37.6 Å². The number of anilines is 2. The molecule has 9 heteroatoms. The highest BCUT2D eigenvalue weighted by Gasteiger charge is 2.40. The molecule has 3 amide bonds. The maximum atomic E-state index is 13.4. The number of aromatic nitrogens is 1. The minimum absolute atomic E-state index is 0.0108. The molecule has 2 fully saturated rings. The normalized spacial score (nSPS) is 20.4. The third-order valence-electron chi connectivity index (χ3n) is 6.43. The molecule has 180 valence electrons. The van der Waals surface area contributed by atoms with Crippen LogP contribution >= 0.6 is 11.6 Å². The summed E-state index contributed by atoms with van der Waals surface area (Å²) in [5, 5.41) is 3.21. The van der Waals surface area contributed by atoms with Crippen molar-refractivity contribution in [2.24, 2.45) is 5.92 Å². The van der Waals surface area contributed by atoms with Crippen LogP contribution in [-0.2, 0) is 14.4 Å². The first kappa shape index (κ1) is 24.0. The molecule has 2 heterocycles. The molecule has 0 radical (unpaired) electrons. The van der Waals surface area contributed by atoms with Gasteiger partial charge in [0.15, 0.2) is 0 Å². The van der Waals surface area contributed by atoms with Gasteiger partial charge >= 0.3 is 11.8 Å². The number of nitrogens with two attached hydrogens (primary N) is 1. The van der Waals surface area contributed by atoms with Crippen molar-refractivity contribution in [2.45, 2.75) is 51.6 Å². The van der Waals surface area contributed by atoms with Crippen LogP contribution < -0.4 is 11.1 Å². The van der Waals surface area contributed by atoms with E-state index in [1.165, 1.54) is 11.1 Å². The second kappa shape index (κ2) is 9.62. The molecule has 0 bridgehead atoms. The topological polar surface area (TPSA) is 109 Å². The van der Waals surface area contributed by atoms with Gasteiger partial charge in [0.25, 0.3) is 0 Å². The van der Waals surface area contributed by atoms with Gasteiger partial charge in [-0.3, -0.25) is 14.4 Å². The van der Waals surface area contributed by atoms with Crippen LogP contribution in [0.5, 0.6) is 0 Å². The Balaban J connectivity index is 1.58. The van der Waals surface area contributed by atoms with Gasteiger partial charge in [0.05, 0.1) is 17.9 Å². The lowest BCUT2D eigenvalue weighted by atomic mass is 9.98. The van der Waals surface area contributed by atoms with Crippen molar-refractivity contribution in [1.82, 2.24) is 14.8 Å². The molecule has 0 unspecified atom stereocenters. The zero-order chi connectivity index (χ0) is 24.6. The van der Waals surface area contributed by atoms with Crippen LogP contribution in [0.1, 0.15) is 56.7 Å². The Morgan fingerprint density at radius 2 is 1.88 bits per heavy atom. The molecule has 1 saturated carbocycles. The fourth-order valence-corrected chi connectivity index (χ4v) is 4.63. The molecule has 8 nitrogen and oxygen atoms in total. The van der Waals surface area contributed by atoms with Gasteiger partial charge in [0, 0.05) is 30.1 Å². The number of benzene rings is 1. The third-order valence-corrected chi connectivity index (χ3v) is 6.66. The zero-order valence-corrected chi connectivity index (χ0v) is 20.4. The van der Waals surface area contributed by atoms with Gasteiger partial charge in [-0.25, -0.2) is 4.98 Å². The Kier molecular flexibility index (Phi) is 6.79. The van der Waals surface area contributed by atoms with E-state index in [-0.39, 0.29) is 31.0 Å². The van der Waals surface area contributed by atoms with Gasteiger partial charge < -0.3 is 20.9 Å². The van der Waals surface area contributed by atoms with E-state index in [0.29, 0.717) is 22.4 Å². The van der Waals surface area contributed by atoms with Gasteiger partial charge in [-0.2, -0.15) is 0 Å². The highest BCUT2D eigenvalue weighted by atomic mass is 35.5. The molecule has 4 rings (SSSR count). The average molecular weight is 484 g/mol. The van der Waals surface area contributed by atoms with Crippen LogP contribution in [-0.4, -0.2) is 51.6 Å². The van der Waals surface area contributed by atoms with E-state index in [4.69, 9.17) is 17.3 Å². The van der Waals surface area contributed by atoms with Crippen molar-refractivity contribution in [1.29, 1.82) is 0 Å². The quantitative estimate of drug-likeness (QED) is 0.646. The molecule has 2 aliphatic rings. The Morgan fingerprint density at radius 3 is 2.53 bits per heavy atom. The SMILES string of the molecule is CC(C)C(=O)N1C[C@H](c2cccc(Cl)c2)N(C(=O)C(=O)Nc2cnc(N)c(C3CC3)c2)C[C@H]1C. The van der Waals surface area contributed by atoms with E-state index in [1.807, 2.05) is 26.8 Å². The molecule has 2 aromatic rings. The number of hydrogen-bond donors (Lipinski definition) is 2. The maximum Gasteiger partial charge on any atom is 0.313 e. The summed E-state index contributed by atoms with van der Waals surface area (Å²) in [4.78, 5) is 46.7. The monoisotopic (exact) mass is 483 g/mol. The standard InChI is InChI=1S/C25H30ClN5O3/c1-14(2)24(33)30-13-21(17-5-4-6-18(26)9-17)31(12-15(30)3)25(34)23(32)29-19-10-20(16-7-8-16)22(27)28-11-19/h4-6,9-11,14-16,21H,7-8,12-13H2,1-3H3,(H2,27,28)(H,29,32)/t15-,21-/m1/s1. The number of nitrogens with one attached hydrogen (secondary N) is 1. The number of nitrogen functional groups attached to an aromatic ring is 1. The third kappa shape index (κ3) is 5.01. The van der Waals surface area contributed by atoms with E-state index < -0.39 is 17.9 Å². The number of carbonyl (C=O) groups excluding carboxylic acids is 3. The van der Waals surface area contributed by atoms with Crippen molar-refractivity contribution in [3.8, 4) is 0 Å². The fraction of sp³-hybridized carbons (Fsp3) is 0.440. The molecule has 34 heavy (non-hydrogen) atoms. The number of piperazine rings is 1. The summed E-state index contributed by atoms with van der Waals surface area (Å²) in [5.74, 6) is -0.773.